The lowest BCUT2D eigenvalue weighted by atomic mass is 9.79. The van der Waals surface area contributed by atoms with Crippen LogP contribution >= 0.6 is 0 Å². The molecular weight excluding hydrogens is 359 g/mol. The second kappa shape index (κ2) is 6.99. The van der Waals surface area contributed by atoms with E-state index in [-0.39, 0.29) is 23.5 Å². The number of aryl methyl sites for hydroxylation is 1. The van der Waals surface area contributed by atoms with E-state index in [4.69, 9.17) is 10.5 Å². The van der Waals surface area contributed by atoms with E-state index >= 15 is 0 Å². The molecule has 0 unspecified atom stereocenters. The topological polar surface area (TPSA) is 91.0 Å². The Morgan fingerprint density at radius 1 is 1.14 bits per heavy atom. The standard InChI is InChI=1S/C21H19FN4O2/c1-11-20-17(26-21(23)24-11)8-12(9-18(20)27)14-7-6-13(22)10-15(14)16-4-3-5-19(25-16)28-2/h3-7,10,12H,8-9H2,1-2H3,(H2,23,24,26)/t12-/m0/s1. The smallest absolute Gasteiger partial charge is 0.220 e. The molecule has 28 heavy (non-hydrogen) atoms. The first-order chi connectivity index (χ1) is 13.5. The number of Topliss-reactive ketones (excluding diaryl/α,β-unsaturated/α-hetero) is 1. The van der Waals surface area contributed by atoms with E-state index in [2.05, 4.69) is 15.0 Å². The van der Waals surface area contributed by atoms with Crippen LogP contribution in [-0.4, -0.2) is 27.8 Å². The number of nitrogens with two attached hydrogens (primary N) is 1. The normalized spacial score (nSPS) is 16.0. The summed E-state index contributed by atoms with van der Waals surface area (Å²) in [5.41, 5.74) is 9.63. The summed E-state index contributed by atoms with van der Waals surface area (Å²) >= 11 is 0. The quantitative estimate of drug-likeness (QED) is 0.750. The average Bonchev–Trinajstić information content (AvgIpc) is 2.67. The molecule has 1 atom stereocenters. The summed E-state index contributed by atoms with van der Waals surface area (Å²) in [6.07, 6.45) is 0.820. The van der Waals surface area contributed by atoms with Gasteiger partial charge in [0.05, 0.1) is 29.8 Å². The molecule has 0 bridgehead atoms. The second-order valence-corrected chi connectivity index (χ2v) is 6.81. The van der Waals surface area contributed by atoms with Crippen LogP contribution in [0.4, 0.5) is 10.3 Å². The van der Waals surface area contributed by atoms with Gasteiger partial charge in [0, 0.05) is 18.1 Å². The molecule has 1 aliphatic rings. The van der Waals surface area contributed by atoms with Gasteiger partial charge in [0.2, 0.25) is 11.8 Å². The molecule has 2 heterocycles. The molecule has 6 nitrogen and oxygen atoms in total. The zero-order valence-corrected chi connectivity index (χ0v) is 15.6. The van der Waals surface area contributed by atoms with Crippen molar-refractivity contribution in [3.05, 3.63) is 64.7 Å². The van der Waals surface area contributed by atoms with E-state index in [9.17, 15) is 9.18 Å². The van der Waals surface area contributed by atoms with Crippen molar-refractivity contribution in [2.24, 2.45) is 0 Å². The maximum Gasteiger partial charge on any atom is 0.220 e. The summed E-state index contributed by atoms with van der Waals surface area (Å²) < 4.78 is 19.2. The number of pyridine rings is 1. The molecule has 0 saturated carbocycles. The molecule has 142 valence electrons. The van der Waals surface area contributed by atoms with Crippen molar-refractivity contribution in [3.63, 3.8) is 0 Å². The van der Waals surface area contributed by atoms with Crippen molar-refractivity contribution in [1.82, 2.24) is 15.0 Å². The molecule has 0 aliphatic heterocycles. The number of nitrogens with zero attached hydrogens (tertiary/aromatic N) is 3. The third-order valence-corrected chi connectivity index (χ3v) is 5.00. The number of anilines is 1. The van der Waals surface area contributed by atoms with Crippen LogP contribution in [0.1, 0.15) is 39.6 Å². The van der Waals surface area contributed by atoms with Gasteiger partial charge in [-0.3, -0.25) is 4.79 Å². The predicted molar refractivity (Wildman–Crippen MR) is 103 cm³/mol. The number of rotatable bonds is 3. The molecule has 0 amide bonds. The zero-order valence-electron chi connectivity index (χ0n) is 15.6. The van der Waals surface area contributed by atoms with Gasteiger partial charge in [-0.2, -0.15) is 0 Å². The Bertz CT molecular complexity index is 1080. The number of nitrogen functional groups attached to an aromatic ring is 1. The lowest BCUT2D eigenvalue weighted by Crippen LogP contribution is -2.23. The SMILES string of the molecule is COc1cccc(-c2cc(F)ccc2[C@@H]2CC(=O)c3c(C)nc(N)nc3C2)n1. The molecule has 0 radical (unpaired) electrons. The highest BCUT2D eigenvalue weighted by atomic mass is 19.1. The highest BCUT2D eigenvalue weighted by Gasteiger charge is 2.31. The van der Waals surface area contributed by atoms with Crippen LogP contribution in [0, 0.1) is 12.7 Å². The number of hydrogen-bond donors (Lipinski definition) is 1. The van der Waals surface area contributed by atoms with Crippen molar-refractivity contribution in [2.45, 2.75) is 25.7 Å². The fraction of sp³-hybridized carbons (Fsp3) is 0.238. The number of halogens is 1. The number of aromatic nitrogens is 3. The minimum absolute atomic E-state index is 0.0300. The maximum atomic E-state index is 14.0. The number of carbonyl (C=O) groups is 1. The molecule has 0 spiro atoms. The minimum Gasteiger partial charge on any atom is -0.481 e. The molecule has 1 aliphatic carbocycles. The fourth-order valence-electron chi connectivity index (χ4n) is 3.80. The van der Waals surface area contributed by atoms with Crippen LogP contribution < -0.4 is 10.5 Å². The number of ether oxygens (including phenoxy) is 1. The number of fused-ring (bicyclic) bond motifs is 1. The van der Waals surface area contributed by atoms with Crippen molar-refractivity contribution in [1.29, 1.82) is 0 Å². The average molecular weight is 378 g/mol. The number of carbonyl (C=O) groups excluding carboxylic acids is 1. The van der Waals surface area contributed by atoms with Gasteiger partial charge in [-0.1, -0.05) is 12.1 Å². The molecule has 2 aromatic heterocycles. The summed E-state index contributed by atoms with van der Waals surface area (Å²) in [7, 11) is 1.53. The number of ketones is 1. The summed E-state index contributed by atoms with van der Waals surface area (Å²) in [5, 5.41) is 0. The van der Waals surface area contributed by atoms with E-state index in [1.54, 1.807) is 31.2 Å². The predicted octanol–water partition coefficient (Wildman–Crippen LogP) is 3.49. The van der Waals surface area contributed by atoms with E-state index in [1.807, 2.05) is 0 Å². The maximum absolute atomic E-state index is 14.0. The molecule has 3 aromatic rings. The summed E-state index contributed by atoms with van der Waals surface area (Å²) in [6.45, 7) is 1.76. The van der Waals surface area contributed by atoms with Crippen LogP contribution in [0.2, 0.25) is 0 Å². The van der Waals surface area contributed by atoms with Gasteiger partial charge in [0.15, 0.2) is 5.78 Å². The minimum atomic E-state index is -0.367. The molecule has 4 rings (SSSR count). The lowest BCUT2D eigenvalue weighted by Gasteiger charge is -2.26. The van der Waals surface area contributed by atoms with E-state index in [0.717, 1.165) is 5.56 Å². The highest BCUT2D eigenvalue weighted by molar-refractivity contribution is 6.00. The number of hydrogen-bond acceptors (Lipinski definition) is 6. The van der Waals surface area contributed by atoms with Crippen LogP contribution in [0.25, 0.3) is 11.3 Å². The van der Waals surface area contributed by atoms with Gasteiger partial charge in [0.1, 0.15) is 5.82 Å². The highest BCUT2D eigenvalue weighted by Crippen LogP contribution is 2.38. The van der Waals surface area contributed by atoms with Gasteiger partial charge in [-0.05, 0) is 43.0 Å². The molecular formula is C21H19FN4O2. The number of methoxy groups -OCH3 is 1. The Kier molecular flexibility index (Phi) is 4.50. The molecule has 1 aromatic carbocycles. The molecule has 2 N–H and O–H groups in total. The first kappa shape index (κ1) is 18.0. The van der Waals surface area contributed by atoms with Crippen LogP contribution in [0.5, 0.6) is 5.88 Å². The number of benzene rings is 1. The first-order valence-electron chi connectivity index (χ1n) is 8.93. The van der Waals surface area contributed by atoms with E-state index < -0.39 is 0 Å². The van der Waals surface area contributed by atoms with Gasteiger partial charge >= 0.3 is 0 Å². The van der Waals surface area contributed by atoms with Crippen molar-refractivity contribution in [2.75, 3.05) is 12.8 Å². The Morgan fingerprint density at radius 3 is 2.75 bits per heavy atom. The fourth-order valence-corrected chi connectivity index (χ4v) is 3.80. The van der Waals surface area contributed by atoms with Crippen molar-refractivity contribution >= 4 is 11.7 Å². The molecule has 0 fully saturated rings. The van der Waals surface area contributed by atoms with Crippen molar-refractivity contribution in [3.8, 4) is 17.1 Å². The lowest BCUT2D eigenvalue weighted by molar-refractivity contribution is 0.0962. The van der Waals surface area contributed by atoms with Gasteiger partial charge in [0.25, 0.3) is 0 Å². The van der Waals surface area contributed by atoms with Gasteiger partial charge in [-0.25, -0.2) is 19.3 Å². The second-order valence-electron chi connectivity index (χ2n) is 6.81. The van der Waals surface area contributed by atoms with Gasteiger partial charge < -0.3 is 10.5 Å². The Hall–Kier alpha value is -3.35. The molecule has 7 heteroatoms. The third-order valence-electron chi connectivity index (χ3n) is 5.00. The third kappa shape index (κ3) is 3.19. The Balaban J connectivity index is 1.81. The monoisotopic (exact) mass is 378 g/mol. The van der Waals surface area contributed by atoms with Crippen LogP contribution in [-0.2, 0) is 6.42 Å². The van der Waals surface area contributed by atoms with Crippen LogP contribution in [0.3, 0.4) is 0 Å². The van der Waals surface area contributed by atoms with Gasteiger partial charge in [-0.15, -0.1) is 0 Å². The summed E-state index contributed by atoms with van der Waals surface area (Å²) in [4.78, 5) is 25.6. The van der Waals surface area contributed by atoms with E-state index in [0.29, 0.717) is 46.9 Å². The zero-order chi connectivity index (χ0) is 19.8. The largest absolute Gasteiger partial charge is 0.481 e. The Labute approximate surface area is 161 Å². The Morgan fingerprint density at radius 2 is 1.96 bits per heavy atom. The first-order valence-corrected chi connectivity index (χ1v) is 8.93. The summed E-state index contributed by atoms with van der Waals surface area (Å²) in [6, 6.07) is 9.88. The van der Waals surface area contributed by atoms with Crippen LogP contribution in [0.15, 0.2) is 36.4 Å². The van der Waals surface area contributed by atoms with E-state index in [1.165, 1.54) is 19.2 Å². The summed E-state index contributed by atoms with van der Waals surface area (Å²) in [5.74, 6) is 0.0376. The molecule has 0 saturated heterocycles. The van der Waals surface area contributed by atoms with Crippen molar-refractivity contribution < 1.29 is 13.9 Å².